The summed E-state index contributed by atoms with van der Waals surface area (Å²) in [6.45, 7) is 5.73. The number of rotatable bonds is 8. The van der Waals surface area contributed by atoms with Crippen LogP contribution in [0.2, 0.25) is 0 Å². The average Bonchev–Trinajstić information content (AvgIpc) is 3.12. The van der Waals surface area contributed by atoms with Crippen LogP contribution < -0.4 is 4.74 Å². The number of hydrogen-bond acceptors (Lipinski definition) is 5. The summed E-state index contributed by atoms with van der Waals surface area (Å²) < 4.78 is 16.6. The molecule has 1 heterocycles. The Labute approximate surface area is 163 Å². The Morgan fingerprint density at radius 1 is 1.14 bits per heavy atom. The van der Waals surface area contributed by atoms with Crippen molar-refractivity contribution in [1.82, 2.24) is 4.98 Å². The maximum absolute atomic E-state index is 12.2. The molecule has 0 bridgehead atoms. The molecule has 0 saturated heterocycles. The van der Waals surface area contributed by atoms with Crippen LogP contribution in [0.1, 0.15) is 21.8 Å². The first-order chi connectivity index (χ1) is 13.6. The van der Waals surface area contributed by atoms with Gasteiger partial charge in [-0.2, -0.15) is 0 Å². The lowest BCUT2D eigenvalue weighted by molar-refractivity contribution is 0.104. The second-order valence-electron chi connectivity index (χ2n) is 6.02. The zero-order valence-electron chi connectivity index (χ0n) is 15.8. The van der Waals surface area contributed by atoms with Crippen molar-refractivity contribution in [2.24, 2.45) is 0 Å². The summed E-state index contributed by atoms with van der Waals surface area (Å²) >= 11 is 0. The van der Waals surface area contributed by atoms with Gasteiger partial charge in [-0.1, -0.05) is 24.8 Å². The van der Waals surface area contributed by atoms with Gasteiger partial charge in [-0.25, -0.2) is 4.98 Å². The van der Waals surface area contributed by atoms with E-state index in [1.54, 1.807) is 24.3 Å². The Morgan fingerprint density at radius 3 is 2.50 bits per heavy atom. The van der Waals surface area contributed by atoms with Crippen LogP contribution in [-0.4, -0.2) is 17.9 Å². The summed E-state index contributed by atoms with van der Waals surface area (Å²) in [6, 6.07) is 16.6. The number of methoxy groups -OCH3 is 1. The number of carbonyl (C=O) groups is 1. The molecule has 2 aromatic carbocycles. The number of oxazole rings is 1. The minimum Gasteiger partial charge on any atom is -0.497 e. The SMILES string of the molecule is C=CC(=CC(=O)c1ccc(OCc2nc(-c3ccccc3)oc2C)cc1)OC. The molecule has 0 unspecified atom stereocenters. The lowest BCUT2D eigenvalue weighted by Gasteiger charge is -2.05. The fourth-order valence-corrected chi connectivity index (χ4v) is 2.55. The number of carbonyl (C=O) groups excluding carboxylic acids is 1. The second kappa shape index (κ2) is 8.86. The molecule has 3 rings (SSSR count). The van der Waals surface area contributed by atoms with Gasteiger partial charge < -0.3 is 13.9 Å². The molecule has 0 saturated carbocycles. The normalized spacial score (nSPS) is 11.1. The third-order valence-electron chi connectivity index (χ3n) is 4.14. The Kier molecular flexibility index (Phi) is 6.07. The van der Waals surface area contributed by atoms with E-state index in [4.69, 9.17) is 13.9 Å². The predicted molar refractivity (Wildman–Crippen MR) is 107 cm³/mol. The van der Waals surface area contributed by atoms with Gasteiger partial charge in [0.25, 0.3) is 0 Å². The van der Waals surface area contributed by atoms with Crippen LogP contribution in [-0.2, 0) is 11.3 Å². The fourth-order valence-electron chi connectivity index (χ4n) is 2.55. The standard InChI is InChI=1S/C23H21NO4/c1-4-19(26-3)14-22(25)17-10-12-20(13-11-17)27-15-21-16(2)28-23(24-21)18-8-6-5-7-9-18/h4-14H,1,15H2,2-3H3. The van der Waals surface area contributed by atoms with Gasteiger partial charge in [-0.05, 0) is 49.4 Å². The van der Waals surface area contributed by atoms with Gasteiger partial charge in [0.05, 0.1) is 7.11 Å². The van der Waals surface area contributed by atoms with Gasteiger partial charge >= 0.3 is 0 Å². The molecule has 0 N–H and O–H groups in total. The zero-order chi connectivity index (χ0) is 19.9. The third-order valence-corrected chi connectivity index (χ3v) is 4.14. The molecule has 0 aliphatic rings. The van der Waals surface area contributed by atoms with Crippen LogP contribution >= 0.6 is 0 Å². The molecule has 28 heavy (non-hydrogen) atoms. The molecular formula is C23H21NO4. The average molecular weight is 375 g/mol. The number of benzene rings is 2. The van der Waals surface area contributed by atoms with Gasteiger partial charge in [0.15, 0.2) is 5.78 Å². The Bertz CT molecular complexity index is 985. The van der Waals surface area contributed by atoms with Crippen LogP contribution in [0.15, 0.2) is 83.5 Å². The van der Waals surface area contributed by atoms with Crippen LogP contribution in [0.25, 0.3) is 11.5 Å². The van der Waals surface area contributed by atoms with E-state index in [0.29, 0.717) is 28.7 Å². The third kappa shape index (κ3) is 4.57. The van der Waals surface area contributed by atoms with Crippen molar-refractivity contribution in [3.05, 3.63) is 96.1 Å². The van der Waals surface area contributed by atoms with E-state index in [1.807, 2.05) is 37.3 Å². The zero-order valence-corrected chi connectivity index (χ0v) is 15.8. The summed E-state index contributed by atoms with van der Waals surface area (Å²) in [5.74, 6) is 2.18. The highest BCUT2D eigenvalue weighted by Crippen LogP contribution is 2.23. The Hall–Kier alpha value is -3.60. The fraction of sp³-hybridized carbons (Fsp3) is 0.130. The molecule has 5 nitrogen and oxygen atoms in total. The van der Waals surface area contributed by atoms with Crippen LogP contribution in [0, 0.1) is 6.92 Å². The molecule has 0 spiro atoms. The van der Waals surface area contributed by atoms with Crippen molar-refractivity contribution < 1.29 is 18.7 Å². The monoisotopic (exact) mass is 375 g/mol. The summed E-state index contributed by atoms with van der Waals surface area (Å²) in [5.41, 5.74) is 2.19. The lowest BCUT2D eigenvalue weighted by Crippen LogP contribution is -1.99. The number of hydrogen-bond donors (Lipinski definition) is 0. The number of ether oxygens (including phenoxy) is 2. The number of aromatic nitrogens is 1. The number of aryl methyl sites for hydroxylation is 1. The van der Waals surface area contributed by atoms with Crippen molar-refractivity contribution in [2.45, 2.75) is 13.5 Å². The molecule has 142 valence electrons. The van der Waals surface area contributed by atoms with Crippen molar-refractivity contribution in [3.63, 3.8) is 0 Å². The van der Waals surface area contributed by atoms with Crippen molar-refractivity contribution in [3.8, 4) is 17.2 Å². The minimum absolute atomic E-state index is 0.164. The van der Waals surface area contributed by atoms with Crippen molar-refractivity contribution >= 4 is 5.78 Å². The summed E-state index contributed by atoms with van der Waals surface area (Å²) in [6.07, 6.45) is 2.88. The predicted octanol–water partition coefficient (Wildman–Crippen LogP) is 5.13. The largest absolute Gasteiger partial charge is 0.497 e. The summed E-state index contributed by atoms with van der Waals surface area (Å²) in [7, 11) is 1.49. The van der Waals surface area contributed by atoms with Crippen molar-refractivity contribution in [1.29, 1.82) is 0 Å². The van der Waals surface area contributed by atoms with E-state index >= 15 is 0 Å². The van der Waals surface area contributed by atoms with Crippen LogP contribution in [0.3, 0.4) is 0 Å². The maximum atomic E-state index is 12.2. The topological polar surface area (TPSA) is 61.6 Å². The smallest absolute Gasteiger partial charge is 0.226 e. The molecule has 0 radical (unpaired) electrons. The van der Waals surface area contributed by atoms with Gasteiger partial charge in [0.1, 0.15) is 29.6 Å². The van der Waals surface area contributed by atoms with E-state index in [9.17, 15) is 4.79 Å². The summed E-state index contributed by atoms with van der Waals surface area (Å²) in [4.78, 5) is 16.7. The molecular weight excluding hydrogens is 354 g/mol. The van der Waals surface area contributed by atoms with E-state index in [0.717, 1.165) is 11.3 Å². The number of ketones is 1. The highest BCUT2D eigenvalue weighted by Gasteiger charge is 2.12. The van der Waals surface area contributed by atoms with Gasteiger partial charge in [0.2, 0.25) is 5.89 Å². The van der Waals surface area contributed by atoms with Gasteiger partial charge in [-0.3, -0.25) is 4.79 Å². The van der Waals surface area contributed by atoms with E-state index in [1.165, 1.54) is 19.3 Å². The minimum atomic E-state index is -0.164. The van der Waals surface area contributed by atoms with E-state index in [-0.39, 0.29) is 12.4 Å². The highest BCUT2D eigenvalue weighted by atomic mass is 16.5. The molecule has 0 aliphatic heterocycles. The first-order valence-electron chi connectivity index (χ1n) is 8.77. The quantitative estimate of drug-likeness (QED) is 0.236. The molecule has 0 aliphatic carbocycles. The maximum Gasteiger partial charge on any atom is 0.226 e. The first-order valence-corrected chi connectivity index (χ1v) is 8.77. The Balaban J connectivity index is 1.66. The van der Waals surface area contributed by atoms with E-state index in [2.05, 4.69) is 11.6 Å². The molecule has 1 aromatic heterocycles. The second-order valence-corrected chi connectivity index (χ2v) is 6.02. The Morgan fingerprint density at radius 2 is 1.86 bits per heavy atom. The summed E-state index contributed by atoms with van der Waals surface area (Å²) in [5, 5.41) is 0. The molecule has 0 fully saturated rings. The van der Waals surface area contributed by atoms with Crippen LogP contribution in [0.5, 0.6) is 5.75 Å². The highest BCUT2D eigenvalue weighted by molar-refractivity contribution is 6.05. The van der Waals surface area contributed by atoms with E-state index < -0.39 is 0 Å². The number of nitrogens with zero attached hydrogens (tertiary/aromatic N) is 1. The molecule has 5 heteroatoms. The van der Waals surface area contributed by atoms with Crippen LogP contribution in [0.4, 0.5) is 0 Å². The molecule has 0 amide bonds. The first kappa shape index (κ1) is 19.2. The van der Waals surface area contributed by atoms with Crippen molar-refractivity contribution in [2.75, 3.05) is 7.11 Å². The molecule has 0 atom stereocenters. The van der Waals surface area contributed by atoms with Gasteiger partial charge in [-0.15, -0.1) is 0 Å². The van der Waals surface area contributed by atoms with Gasteiger partial charge in [0, 0.05) is 17.2 Å². The number of allylic oxidation sites excluding steroid dienone is 2. The molecule has 3 aromatic rings. The lowest BCUT2D eigenvalue weighted by atomic mass is 10.1.